The fourth-order valence-electron chi connectivity index (χ4n) is 4.54. The molecule has 0 heterocycles. The summed E-state index contributed by atoms with van der Waals surface area (Å²) < 4.78 is 27.1. The molecule has 1 atom stereocenters. The van der Waals surface area contributed by atoms with Crippen LogP contribution in [-0.2, 0) is 26.2 Å². The maximum Gasteiger partial charge on any atom is 0.244 e. The highest BCUT2D eigenvalue weighted by molar-refractivity contribution is 9.10. The summed E-state index contributed by atoms with van der Waals surface area (Å²) in [5.74, 6) is -0.761. The van der Waals surface area contributed by atoms with E-state index < -0.39 is 28.5 Å². The zero-order valence-corrected chi connectivity index (χ0v) is 24.8. The van der Waals surface area contributed by atoms with Gasteiger partial charge in [0, 0.05) is 27.1 Å². The van der Waals surface area contributed by atoms with Crippen molar-refractivity contribution in [1.29, 1.82) is 0 Å². The molecule has 0 bridgehead atoms. The van der Waals surface area contributed by atoms with E-state index in [4.69, 9.17) is 23.2 Å². The molecule has 0 saturated heterocycles. The summed E-state index contributed by atoms with van der Waals surface area (Å²) in [6, 6.07) is 10.9. The molecule has 1 aliphatic rings. The van der Waals surface area contributed by atoms with Gasteiger partial charge in [-0.15, -0.1) is 0 Å². The number of carbonyl (C=O) groups excluding carboxylic acids is 2. The Hall–Kier alpha value is -1.81. The predicted octanol–water partition coefficient (Wildman–Crippen LogP) is 5.78. The molecule has 11 heteroatoms. The Morgan fingerprint density at radius 1 is 1.11 bits per heavy atom. The fraction of sp³-hybridized carbons (Fsp3) is 0.462. The number of hydrogen-bond acceptors (Lipinski definition) is 4. The summed E-state index contributed by atoms with van der Waals surface area (Å²) >= 11 is 15.8. The molecule has 0 spiro atoms. The maximum absolute atomic E-state index is 13.8. The van der Waals surface area contributed by atoms with Crippen LogP contribution in [0.4, 0.5) is 5.69 Å². The van der Waals surface area contributed by atoms with Crippen LogP contribution in [0.25, 0.3) is 0 Å². The van der Waals surface area contributed by atoms with Gasteiger partial charge in [0.2, 0.25) is 21.8 Å². The lowest BCUT2D eigenvalue weighted by Gasteiger charge is -2.34. The zero-order chi connectivity index (χ0) is 27.2. The lowest BCUT2D eigenvalue weighted by Crippen LogP contribution is -2.54. The van der Waals surface area contributed by atoms with Gasteiger partial charge in [-0.2, -0.15) is 0 Å². The second-order valence-corrected chi connectivity index (χ2v) is 12.9. The van der Waals surface area contributed by atoms with E-state index in [-0.39, 0.29) is 18.5 Å². The zero-order valence-electron chi connectivity index (χ0n) is 20.9. The summed E-state index contributed by atoms with van der Waals surface area (Å²) in [6.45, 7) is 1.40. The highest BCUT2D eigenvalue weighted by atomic mass is 79.9. The number of rotatable bonds is 10. The number of nitrogens with one attached hydrogen (secondary N) is 1. The lowest BCUT2D eigenvalue weighted by atomic mass is 9.95. The average molecular weight is 633 g/mol. The largest absolute Gasteiger partial charge is 0.352 e. The Bertz CT molecular complexity index is 1220. The number of carbonyl (C=O) groups is 2. The van der Waals surface area contributed by atoms with Gasteiger partial charge in [0.1, 0.15) is 12.6 Å². The van der Waals surface area contributed by atoms with Crippen molar-refractivity contribution in [2.24, 2.45) is 0 Å². The van der Waals surface area contributed by atoms with Crippen LogP contribution in [0.3, 0.4) is 0 Å². The van der Waals surface area contributed by atoms with Gasteiger partial charge in [0.15, 0.2) is 0 Å². The van der Waals surface area contributed by atoms with E-state index in [1.165, 1.54) is 4.90 Å². The molecule has 202 valence electrons. The third-order valence-electron chi connectivity index (χ3n) is 6.47. The van der Waals surface area contributed by atoms with E-state index in [1.807, 2.05) is 6.92 Å². The SMILES string of the molecule is CCC(C(=O)NC1CCCCC1)N(Cc1ccc(Cl)cc1Cl)C(=O)CN(c1cccc(Br)c1)S(C)(=O)=O. The minimum absolute atomic E-state index is 0.0293. The summed E-state index contributed by atoms with van der Waals surface area (Å²) in [7, 11) is -3.80. The lowest BCUT2D eigenvalue weighted by molar-refractivity contribution is -0.140. The Kier molecular flexibility index (Phi) is 10.7. The average Bonchev–Trinajstić information content (AvgIpc) is 2.83. The van der Waals surface area contributed by atoms with Gasteiger partial charge < -0.3 is 10.2 Å². The number of nitrogens with zero attached hydrogens (tertiary/aromatic N) is 2. The van der Waals surface area contributed by atoms with Crippen molar-refractivity contribution in [2.75, 3.05) is 17.1 Å². The van der Waals surface area contributed by atoms with E-state index in [2.05, 4.69) is 21.2 Å². The quantitative estimate of drug-likeness (QED) is 0.360. The molecule has 1 fully saturated rings. The van der Waals surface area contributed by atoms with Crippen molar-refractivity contribution in [3.05, 3.63) is 62.5 Å². The van der Waals surface area contributed by atoms with Crippen LogP contribution in [0.1, 0.15) is 51.0 Å². The van der Waals surface area contributed by atoms with Gasteiger partial charge >= 0.3 is 0 Å². The van der Waals surface area contributed by atoms with Crippen LogP contribution >= 0.6 is 39.1 Å². The van der Waals surface area contributed by atoms with Crippen LogP contribution in [0, 0.1) is 0 Å². The maximum atomic E-state index is 13.8. The number of benzene rings is 2. The molecule has 0 radical (unpaired) electrons. The molecule has 2 amide bonds. The number of amides is 2. The first-order valence-electron chi connectivity index (χ1n) is 12.3. The van der Waals surface area contributed by atoms with Crippen molar-refractivity contribution in [3.63, 3.8) is 0 Å². The van der Waals surface area contributed by atoms with E-state index in [9.17, 15) is 18.0 Å². The van der Waals surface area contributed by atoms with Crippen molar-refractivity contribution >= 4 is 66.7 Å². The fourth-order valence-corrected chi connectivity index (χ4v) is 6.24. The van der Waals surface area contributed by atoms with E-state index in [0.717, 1.165) is 42.7 Å². The molecule has 1 N–H and O–H groups in total. The monoisotopic (exact) mass is 631 g/mol. The first kappa shape index (κ1) is 29.7. The smallest absolute Gasteiger partial charge is 0.244 e. The highest BCUT2D eigenvalue weighted by Crippen LogP contribution is 2.26. The summed E-state index contributed by atoms with van der Waals surface area (Å²) in [5.41, 5.74) is 0.950. The van der Waals surface area contributed by atoms with E-state index in [1.54, 1.807) is 42.5 Å². The summed E-state index contributed by atoms with van der Waals surface area (Å²) in [5, 5.41) is 3.92. The second kappa shape index (κ2) is 13.3. The number of anilines is 1. The Labute approximate surface area is 237 Å². The molecule has 2 aromatic carbocycles. The van der Waals surface area contributed by atoms with Crippen molar-refractivity contribution < 1.29 is 18.0 Å². The first-order valence-corrected chi connectivity index (χ1v) is 15.7. The standard InChI is InChI=1S/C26H32BrCl2N3O4S/c1-3-24(26(34)30-21-9-5-4-6-10-21)31(16-18-12-13-20(28)15-23(18)29)25(33)17-32(37(2,35)36)22-11-7-8-19(27)14-22/h7-8,11-15,21,24H,3-6,9-10,16-17H2,1-2H3,(H,30,34). The molecule has 3 rings (SSSR count). The van der Waals surface area contributed by atoms with Gasteiger partial charge in [-0.1, -0.05) is 77.5 Å². The van der Waals surface area contributed by atoms with Crippen LogP contribution in [0.5, 0.6) is 0 Å². The highest BCUT2D eigenvalue weighted by Gasteiger charge is 2.33. The second-order valence-electron chi connectivity index (χ2n) is 9.27. The minimum atomic E-state index is -3.80. The summed E-state index contributed by atoms with van der Waals surface area (Å²) in [4.78, 5) is 28.6. The predicted molar refractivity (Wildman–Crippen MR) is 152 cm³/mol. The van der Waals surface area contributed by atoms with Gasteiger partial charge in [0.05, 0.1) is 11.9 Å². The van der Waals surface area contributed by atoms with Gasteiger partial charge in [-0.05, 0) is 55.2 Å². The number of halogens is 3. The molecule has 7 nitrogen and oxygen atoms in total. The van der Waals surface area contributed by atoms with Crippen LogP contribution in [-0.4, -0.2) is 50.0 Å². The van der Waals surface area contributed by atoms with Crippen LogP contribution in [0.15, 0.2) is 46.9 Å². The van der Waals surface area contributed by atoms with Crippen molar-refractivity contribution in [3.8, 4) is 0 Å². The van der Waals surface area contributed by atoms with Gasteiger partial charge in [0.25, 0.3) is 0 Å². The third-order valence-corrected chi connectivity index (χ3v) is 8.69. The van der Waals surface area contributed by atoms with Gasteiger partial charge in [-0.3, -0.25) is 13.9 Å². The molecular weight excluding hydrogens is 601 g/mol. The van der Waals surface area contributed by atoms with Gasteiger partial charge in [-0.25, -0.2) is 8.42 Å². The number of sulfonamides is 1. The Morgan fingerprint density at radius 3 is 2.41 bits per heavy atom. The first-order chi connectivity index (χ1) is 17.5. The molecule has 1 aliphatic carbocycles. The Balaban J connectivity index is 1.94. The molecule has 0 aromatic heterocycles. The van der Waals surface area contributed by atoms with E-state index in [0.29, 0.717) is 32.2 Å². The molecule has 37 heavy (non-hydrogen) atoms. The Morgan fingerprint density at radius 2 is 1.81 bits per heavy atom. The molecule has 0 aliphatic heterocycles. The van der Waals surface area contributed by atoms with Crippen molar-refractivity contribution in [1.82, 2.24) is 10.2 Å². The third kappa shape index (κ3) is 8.34. The normalized spacial score (nSPS) is 15.2. The minimum Gasteiger partial charge on any atom is -0.352 e. The van der Waals surface area contributed by atoms with Crippen molar-refractivity contribution in [2.45, 2.75) is 64.1 Å². The van der Waals surface area contributed by atoms with Crippen LogP contribution < -0.4 is 9.62 Å². The van der Waals surface area contributed by atoms with E-state index >= 15 is 0 Å². The molecule has 1 saturated carbocycles. The molecule has 2 aromatic rings. The molecular formula is C26H32BrCl2N3O4S. The topological polar surface area (TPSA) is 86.8 Å². The number of hydrogen-bond donors (Lipinski definition) is 1. The summed E-state index contributed by atoms with van der Waals surface area (Å²) in [6.07, 6.45) is 6.48. The van der Waals surface area contributed by atoms with Crippen LogP contribution in [0.2, 0.25) is 10.0 Å². The molecule has 1 unspecified atom stereocenters.